The third-order valence-corrected chi connectivity index (χ3v) is 2.45. The Morgan fingerprint density at radius 3 is 2.83 bits per heavy atom. The monoisotopic (exact) mass is 243 g/mol. The third kappa shape index (κ3) is 2.40. The summed E-state index contributed by atoms with van der Waals surface area (Å²) in [6.07, 6.45) is 3.26. The fraction of sp³-hybridized carbons (Fsp3) is 0.0769. The van der Waals surface area contributed by atoms with Crippen molar-refractivity contribution in [3.05, 3.63) is 53.9 Å². The van der Waals surface area contributed by atoms with Gasteiger partial charge in [-0.25, -0.2) is 0 Å². The number of rotatable bonds is 3. The van der Waals surface area contributed by atoms with Crippen LogP contribution in [0.3, 0.4) is 0 Å². The van der Waals surface area contributed by atoms with E-state index in [4.69, 9.17) is 15.7 Å². The molecule has 0 atom stereocenters. The minimum atomic E-state index is 0.0117. The summed E-state index contributed by atoms with van der Waals surface area (Å²) >= 11 is 0. The largest absolute Gasteiger partial charge is 0.455 e. The second kappa shape index (κ2) is 5.18. The molecule has 3 N–H and O–H groups in total. The Hall–Kier alpha value is -2.56. The fourth-order valence-corrected chi connectivity index (χ4v) is 1.57. The molecular formula is C13H13N3O2. The van der Waals surface area contributed by atoms with E-state index in [2.05, 4.69) is 10.1 Å². The van der Waals surface area contributed by atoms with Gasteiger partial charge in [-0.3, -0.25) is 4.98 Å². The number of para-hydroxylation sites is 1. The highest BCUT2D eigenvalue weighted by Crippen LogP contribution is 2.28. The maximum atomic E-state index is 8.76. The lowest BCUT2D eigenvalue weighted by atomic mass is 10.1. The first-order chi connectivity index (χ1) is 8.72. The Balaban J connectivity index is 2.44. The summed E-state index contributed by atoms with van der Waals surface area (Å²) < 4.78 is 5.73. The molecule has 2 aromatic rings. The Bertz CT molecular complexity index is 568. The Labute approximate surface area is 105 Å². The summed E-state index contributed by atoms with van der Waals surface area (Å²) in [6, 6.07) is 9.00. The quantitative estimate of drug-likeness (QED) is 0.375. The second-order valence-electron chi connectivity index (χ2n) is 3.73. The third-order valence-electron chi connectivity index (χ3n) is 2.45. The minimum absolute atomic E-state index is 0.0117. The molecule has 0 unspecified atom stereocenters. The highest BCUT2D eigenvalue weighted by molar-refractivity contribution is 6.00. The molecule has 0 aliphatic rings. The molecule has 0 bridgehead atoms. The number of aromatic nitrogens is 1. The predicted molar refractivity (Wildman–Crippen MR) is 68.0 cm³/mol. The predicted octanol–water partition coefficient (Wildman–Crippen LogP) is 2.28. The van der Waals surface area contributed by atoms with Gasteiger partial charge in [0, 0.05) is 6.20 Å². The van der Waals surface area contributed by atoms with Crippen molar-refractivity contribution < 1.29 is 9.94 Å². The molecule has 0 fully saturated rings. The first-order valence-electron chi connectivity index (χ1n) is 5.37. The van der Waals surface area contributed by atoms with E-state index in [0.29, 0.717) is 17.1 Å². The van der Waals surface area contributed by atoms with Gasteiger partial charge in [0.1, 0.15) is 11.5 Å². The molecule has 0 aliphatic heterocycles. The Kier molecular flexibility index (Phi) is 3.43. The van der Waals surface area contributed by atoms with Gasteiger partial charge in [0.25, 0.3) is 0 Å². The smallest absolute Gasteiger partial charge is 0.173 e. The van der Waals surface area contributed by atoms with Crippen molar-refractivity contribution in [2.75, 3.05) is 0 Å². The van der Waals surface area contributed by atoms with E-state index >= 15 is 0 Å². The van der Waals surface area contributed by atoms with Crippen LogP contribution >= 0.6 is 0 Å². The molecule has 0 aliphatic carbocycles. The van der Waals surface area contributed by atoms with Crippen molar-refractivity contribution in [2.45, 2.75) is 6.92 Å². The van der Waals surface area contributed by atoms with E-state index in [9.17, 15) is 0 Å². The highest BCUT2D eigenvalue weighted by Gasteiger charge is 2.11. The molecule has 1 aromatic heterocycles. The van der Waals surface area contributed by atoms with E-state index in [1.165, 1.54) is 0 Å². The molecule has 2 rings (SSSR count). The van der Waals surface area contributed by atoms with Crippen molar-refractivity contribution >= 4 is 5.84 Å². The van der Waals surface area contributed by atoms with Crippen molar-refractivity contribution in [2.24, 2.45) is 10.9 Å². The van der Waals surface area contributed by atoms with Gasteiger partial charge in [-0.05, 0) is 30.7 Å². The number of amidine groups is 1. The molecule has 5 nitrogen and oxygen atoms in total. The van der Waals surface area contributed by atoms with Gasteiger partial charge < -0.3 is 15.7 Å². The lowest BCUT2D eigenvalue weighted by molar-refractivity contribution is 0.318. The normalized spacial score (nSPS) is 11.3. The molecule has 92 valence electrons. The molecule has 0 radical (unpaired) electrons. The molecule has 5 heteroatoms. The maximum absolute atomic E-state index is 8.76. The molecule has 1 heterocycles. The standard InChI is InChI=1S/C13H13N3O2/c1-9-4-2-6-11(13(14)16-17)12(9)18-10-5-3-7-15-8-10/h2-8,17H,1H3,(H2,14,16). The van der Waals surface area contributed by atoms with Crippen molar-refractivity contribution in [1.29, 1.82) is 0 Å². The maximum Gasteiger partial charge on any atom is 0.173 e. The second-order valence-corrected chi connectivity index (χ2v) is 3.73. The molecule has 18 heavy (non-hydrogen) atoms. The highest BCUT2D eigenvalue weighted by atomic mass is 16.5. The van der Waals surface area contributed by atoms with Gasteiger partial charge in [-0.1, -0.05) is 17.3 Å². The van der Waals surface area contributed by atoms with E-state index < -0.39 is 0 Å². The zero-order chi connectivity index (χ0) is 13.0. The lowest BCUT2D eigenvalue weighted by Crippen LogP contribution is -2.14. The first-order valence-corrected chi connectivity index (χ1v) is 5.37. The van der Waals surface area contributed by atoms with Gasteiger partial charge in [0.15, 0.2) is 5.84 Å². The number of pyridine rings is 1. The van der Waals surface area contributed by atoms with Crippen LogP contribution in [0.1, 0.15) is 11.1 Å². The van der Waals surface area contributed by atoms with Crippen molar-refractivity contribution in [3.8, 4) is 11.5 Å². The van der Waals surface area contributed by atoms with Gasteiger partial charge in [0.05, 0.1) is 11.8 Å². The van der Waals surface area contributed by atoms with Gasteiger partial charge in [-0.15, -0.1) is 0 Å². The first kappa shape index (κ1) is 11.9. The Morgan fingerprint density at radius 1 is 1.33 bits per heavy atom. The lowest BCUT2D eigenvalue weighted by Gasteiger charge is -2.12. The summed E-state index contributed by atoms with van der Waals surface area (Å²) in [5.74, 6) is 1.16. The minimum Gasteiger partial charge on any atom is -0.455 e. The number of nitrogens with two attached hydrogens (primary N) is 1. The van der Waals surface area contributed by atoms with Gasteiger partial charge in [-0.2, -0.15) is 0 Å². The molecule has 0 amide bonds. The van der Waals surface area contributed by atoms with Crippen LogP contribution in [0.25, 0.3) is 0 Å². The van der Waals surface area contributed by atoms with Crippen LogP contribution in [-0.2, 0) is 0 Å². The van der Waals surface area contributed by atoms with Crippen LogP contribution in [0.2, 0.25) is 0 Å². The Morgan fingerprint density at radius 2 is 2.17 bits per heavy atom. The van der Waals surface area contributed by atoms with E-state index in [1.807, 2.05) is 19.1 Å². The number of hydrogen-bond donors (Lipinski definition) is 2. The van der Waals surface area contributed by atoms with Gasteiger partial charge in [0.2, 0.25) is 0 Å². The number of nitrogens with zero attached hydrogens (tertiary/aromatic N) is 2. The summed E-state index contributed by atoms with van der Waals surface area (Å²) in [5, 5.41) is 11.8. The number of benzene rings is 1. The van der Waals surface area contributed by atoms with Gasteiger partial charge >= 0.3 is 0 Å². The number of aryl methyl sites for hydroxylation is 1. The summed E-state index contributed by atoms with van der Waals surface area (Å²) in [5.41, 5.74) is 7.06. The summed E-state index contributed by atoms with van der Waals surface area (Å²) in [4.78, 5) is 3.97. The van der Waals surface area contributed by atoms with Crippen LogP contribution < -0.4 is 10.5 Å². The van der Waals surface area contributed by atoms with Crippen LogP contribution in [0.4, 0.5) is 0 Å². The topological polar surface area (TPSA) is 80.7 Å². The SMILES string of the molecule is Cc1cccc(/C(N)=N/O)c1Oc1cccnc1. The zero-order valence-electron chi connectivity index (χ0n) is 9.87. The van der Waals surface area contributed by atoms with Crippen LogP contribution in [0.5, 0.6) is 11.5 Å². The van der Waals surface area contributed by atoms with Crippen LogP contribution in [0.15, 0.2) is 47.9 Å². The molecule has 0 saturated heterocycles. The molecule has 1 aromatic carbocycles. The van der Waals surface area contributed by atoms with E-state index in [-0.39, 0.29) is 5.84 Å². The zero-order valence-corrected chi connectivity index (χ0v) is 9.87. The molecular weight excluding hydrogens is 230 g/mol. The van der Waals surface area contributed by atoms with E-state index in [0.717, 1.165) is 5.56 Å². The fourth-order valence-electron chi connectivity index (χ4n) is 1.57. The van der Waals surface area contributed by atoms with Crippen LogP contribution in [-0.4, -0.2) is 16.0 Å². The summed E-state index contributed by atoms with van der Waals surface area (Å²) in [6.45, 7) is 1.89. The average Bonchev–Trinajstić information content (AvgIpc) is 2.41. The van der Waals surface area contributed by atoms with Crippen LogP contribution in [0, 0.1) is 6.92 Å². The average molecular weight is 243 g/mol. The number of oxime groups is 1. The molecule has 0 saturated carbocycles. The summed E-state index contributed by atoms with van der Waals surface area (Å²) in [7, 11) is 0. The number of hydrogen-bond acceptors (Lipinski definition) is 4. The number of ether oxygens (including phenoxy) is 1. The molecule has 0 spiro atoms. The van der Waals surface area contributed by atoms with E-state index in [1.54, 1.807) is 30.6 Å². The van der Waals surface area contributed by atoms with Crippen molar-refractivity contribution in [1.82, 2.24) is 4.98 Å². The van der Waals surface area contributed by atoms with Crippen molar-refractivity contribution in [3.63, 3.8) is 0 Å².